The molecule has 5 nitrogen and oxygen atoms in total. The fourth-order valence-corrected chi connectivity index (χ4v) is 3.29. The number of aryl methyl sites for hydroxylation is 1. The summed E-state index contributed by atoms with van der Waals surface area (Å²) in [7, 11) is -3.43. The minimum absolute atomic E-state index is 0.0406. The quantitative estimate of drug-likeness (QED) is 0.714. The van der Waals surface area contributed by atoms with Gasteiger partial charge in [-0.25, -0.2) is 13.1 Å². The van der Waals surface area contributed by atoms with Crippen LogP contribution in [0, 0.1) is 6.92 Å². The smallest absolute Gasteiger partial charge is 0.244 e. The summed E-state index contributed by atoms with van der Waals surface area (Å²) in [4.78, 5) is 0.239. The molecule has 0 aliphatic heterocycles. The van der Waals surface area contributed by atoms with Crippen molar-refractivity contribution in [3.63, 3.8) is 0 Å². The number of sulfonamides is 1. The van der Waals surface area contributed by atoms with Gasteiger partial charge in [-0.2, -0.15) is 5.10 Å². The summed E-state index contributed by atoms with van der Waals surface area (Å²) >= 11 is 0. The fourth-order valence-electron chi connectivity index (χ4n) is 1.88. The molecular formula is C12H23N3O2S. The topological polar surface area (TPSA) is 74.8 Å². The van der Waals surface area contributed by atoms with Gasteiger partial charge in [0, 0.05) is 6.04 Å². The Morgan fingerprint density at radius 3 is 2.67 bits per heavy atom. The predicted molar refractivity (Wildman–Crippen MR) is 71.9 cm³/mol. The molecule has 1 atom stereocenters. The summed E-state index contributed by atoms with van der Waals surface area (Å²) in [6, 6.07) is -0.0406. The molecule has 104 valence electrons. The summed E-state index contributed by atoms with van der Waals surface area (Å²) < 4.78 is 26.8. The van der Waals surface area contributed by atoms with Crippen molar-refractivity contribution in [2.75, 3.05) is 0 Å². The normalized spacial score (nSPS) is 13.7. The Bertz CT molecular complexity index is 454. The standard InChI is InChI=1S/C12H23N3O2S/c1-4-5-6-7-8-10(2)15-18(16,17)12-9-13-14-11(12)3/h9-10,15H,4-8H2,1-3H3,(H,13,14). The fraction of sp³-hybridized carbons (Fsp3) is 0.750. The molecule has 18 heavy (non-hydrogen) atoms. The summed E-state index contributed by atoms with van der Waals surface area (Å²) in [5, 5.41) is 6.38. The Morgan fingerprint density at radius 2 is 2.11 bits per heavy atom. The summed E-state index contributed by atoms with van der Waals surface area (Å²) in [6.45, 7) is 5.76. The van der Waals surface area contributed by atoms with E-state index in [-0.39, 0.29) is 10.9 Å². The first-order chi connectivity index (χ1) is 8.47. The minimum Gasteiger partial charge on any atom is -0.281 e. The maximum absolute atomic E-state index is 12.0. The van der Waals surface area contributed by atoms with Crippen molar-refractivity contribution < 1.29 is 8.42 Å². The van der Waals surface area contributed by atoms with Crippen molar-refractivity contribution in [1.82, 2.24) is 14.9 Å². The van der Waals surface area contributed by atoms with Crippen LogP contribution in [0.25, 0.3) is 0 Å². The van der Waals surface area contributed by atoms with Gasteiger partial charge in [0.2, 0.25) is 10.0 Å². The van der Waals surface area contributed by atoms with Crippen LogP contribution in [0.15, 0.2) is 11.1 Å². The van der Waals surface area contributed by atoms with Gasteiger partial charge in [0.05, 0.1) is 11.9 Å². The van der Waals surface area contributed by atoms with E-state index in [2.05, 4.69) is 21.8 Å². The minimum atomic E-state index is -3.43. The van der Waals surface area contributed by atoms with Gasteiger partial charge < -0.3 is 0 Å². The molecule has 2 N–H and O–H groups in total. The highest BCUT2D eigenvalue weighted by atomic mass is 32.2. The summed E-state index contributed by atoms with van der Waals surface area (Å²) in [5.41, 5.74) is 0.570. The third-order valence-corrected chi connectivity index (χ3v) is 4.62. The average Bonchev–Trinajstić information content (AvgIpc) is 2.71. The molecule has 6 heteroatoms. The van der Waals surface area contributed by atoms with Crippen LogP contribution < -0.4 is 4.72 Å². The molecule has 0 spiro atoms. The number of H-pyrrole nitrogens is 1. The van der Waals surface area contributed by atoms with E-state index in [9.17, 15) is 8.42 Å². The Balaban J connectivity index is 2.48. The third kappa shape index (κ3) is 4.42. The number of unbranched alkanes of at least 4 members (excludes halogenated alkanes) is 3. The maximum Gasteiger partial charge on any atom is 0.244 e. The molecule has 0 fully saturated rings. The van der Waals surface area contributed by atoms with Crippen molar-refractivity contribution in [2.24, 2.45) is 0 Å². The first-order valence-corrected chi connectivity index (χ1v) is 7.98. The van der Waals surface area contributed by atoms with E-state index in [1.807, 2.05) is 6.92 Å². The highest BCUT2D eigenvalue weighted by molar-refractivity contribution is 7.89. The Hall–Kier alpha value is -0.880. The van der Waals surface area contributed by atoms with Crippen molar-refractivity contribution in [3.8, 4) is 0 Å². The lowest BCUT2D eigenvalue weighted by Gasteiger charge is -2.13. The lowest BCUT2D eigenvalue weighted by Crippen LogP contribution is -2.32. The maximum atomic E-state index is 12.0. The van der Waals surface area contributed by atoms with E-state index < -0.39 is 10.0 Å². The van der Waals surface area contributed by atoms with Gasteiger partial charge in [-0.3, -0.25) is 5.10 Å². The van der Waals surface area contributed by atoms with Gasteiger partial charge in [-0.1, -0.05) is 32.6 Å². The number of aromatic nitrogens is 2. The van der Waals surface area contributed by atoms with Crippen LogP contribution in [-0.4, -0.2) is 24.7 Å². The second-order valence-electron chi connectivity index (χ2n) is 4.73. The molecule has 0 saturated heterocycles. The molecule has 0 saturated carbocycles. The Kier molecular flexibility index (Phi) is 5.81. The van der Waals surface area contributed by atoms with Crippen LogP contribution in [0.1, 0.15) is 51.6 Å². The molecule has 0 radical (unpaired) electrons. The second-order valence-corrected chi connectivity index (χ2v) is 6.41. The monoisotopic (exact) mass is 273 g/mol. The van der Waals surface area contributed by atoms with Crippen LogP contribution in [0.3, 0.4) is 0 Å². The molecule has 0 amide bonds. The van der Waals surface area contributed by atoms with E-state index in [1.165, 1.54) is 19.0 Å². The lowest BCUT2D eigenvalue weighted by atomic mass is 10.1. The molecule has 1 rings (SSSR count). The molecule has 0 aliphatic rings. The van der Waals surface area contributed by atoms with Crippen molar-refractivity contribution in [3.05, 3.63) is 11.9 Å². The van der Waals surface area contributed by atoms with Gasteiger partial charge in [0.25, 0.3) is 0 Å². The largest absolute Gasteiger partial charge is 0.281 e. The van der Waals surface area contributed by atoms with Crippen LogP contribution in [-0.2, 0) is 10.0 Å². The zero-order chi connectivity index (χ0) is 13.6. The molecule has 1 aromatic rings. The average molecular weight is 273 g/mol. The first kappa shape index (κ1) is 15.2. The zero-order valence-corrected chi connectivity index (χ0v) is 12.2. The third-order valence-electron chi connectivity index (χ3n) is 2.92. The molecule has 0 aliphatic carbocycles. The number of hydrogen-bond acceptors (Lipinski definition) is 3. The van der Waals surface area contributed by atoms with Crippen LogP contribution in [0.4, 0.5) is 0 Å². The summed E-state index contributed by atoms with van der Waals surface area (Å²) in [6.07, 6.45) is 6.83. The number of hydrogen-bond donors (Lipinski definition) is 2. The van der Waals surface area contributed by atoms with E-state index in [4.69, 9.17) is 0 Å². The number of aromatic amines is 1. The predicted octanol–water partition coefficient (Wildman–Crippen LogP) is 2.36. The second kappa shape index (κ2) is 6.89. The van der Waals surface area contributed by atoms with Crippen LogP contribution in [0.2, 0.25) is 0 Å². The van der Waals surface area contributed by atoms with Crippen LogP contribution in [0.5, 0.6) is 0 Å². The zero-order valence-electron chi connectivity index (χ0n) is 11.4. The molecule has 1 aromatic heterocycles. The van der Waals surface area contributed by atoms with Gasteiger partial charge in [0.15, 0.2) is 0 Å². The number of nitrogens with one attached hydrogen (secondary N) is 2. The SMILES string of the molecule is CCCCCCC(C)NS(=O)(=O)c1cn[nH]c1C. The van der Waals surface area contributed by atoms with E-state index in [1.54, 1.807) is 6.92 Å². The van der Waals surface area contributed by atoms with Gasteiger partial charge >= 0.3 is 0 Å². The molecular weight excluding hydrogens is 250 g/mol. The first-order valence-electron chi connectivity index (χ1n) is 6.49. The van der Waals surface area contributed by atoms with Gasteiger partial charge in [0.1, 0.15) is 4.90 Å². The molecule has 1 heterocycles. The number of nitrogens with zero attached hydrogens (tertiary/aromatic N) is 1. The highest BCUT2D eigenvalue weighted by Gasteiger charge is 2.20. The summed E-state index contributed by atoms with van der Waals surface area (Å²) in [5.74, 6) is 0. The van der Waals surface area contributed by atoms with E-state index >= 15 is 0 Å². The van der Waals surface area contributed by atoms with E-state index in [0.717, 1.165) is 19.3 Å². The van der Waals surface area contributed by atoms with E-state index in [0.29, 0.717) is 5.69 Å². The lowest BCUT2D eigenvalue weighted by molar-refractivity contribution is 0.521. The van der Waals surface area contributed by atoms with Crippen LogP contribution >= 0.6 is 0 Å². The van der Waals surface area contributed by atoms with Gasteiger partial charge in [-0.15, -0.1) is 0 Å². The van der Waals surface area contributed by atoms with Crippen molar-refractivity contribution in [1.29, 1.82) is 0 Å². The molecule has 0 bridgehead atoms. The Morgan fingerprint density at radius 1 is 1.39 bits per heavy atom. The molecule has 0 aromatic carbocycles. The van der Waals surface area contributed by atoms with Gasteiger partial charge in [-0.05, 0) is 20.3 Å². The molecule has 1 unspecified atom stereocenters. The Labute approximate surface area is 109 Å². The number of rotatable bonds is 8. The van der Waals surface area contributed by atoms with Crippen molar-refractivity contribution >= 4 is 10.0 Å². The highest BCUT2D eigenvalue weighted by Crippen LogP contribution is 2.13. The van der Waals surface area contributed by atoms with Crippen molar-refractivity contribution in [2.45, 2.75) is 63.8 Å².